The topological polar surface area (TPSA) is 107 Å². The second-order valence-corrected chi connectivity index (χ2v) is 3.47. The lowest BCUT2D eigenvalue weighted by Crippen LogP contribution is -2.08. The highest BCUT2D eigenvalue weighted by atomic mass is 16.6. The lowest BCUT2D eigenvalue weighted by Gasteiger charge is -2.03. The maximum absolute atomic E-state index is 11.3. The van der Waals surface area contributed by atoms with Gasteiger partial charge in [-0.3, -0.25) is 19.7 Å². The van der Waals surface area contributed by atoms with Crippen molar-refractivity contribution in [1.82, 2.24) is 0 Å². The van der Waals surface area contributed by atoms with Crippen LogP contribution in [-0.2, 0) is 9.59 Å². The van der Waals surface area contributed by atoms with Crippen molar-refractivity contribution in [3.05, 3.63) is 34.4 Å². The van der Waals surface area contributed by atoms with Crippen LogP contribution in [0.15, 0.2) is 24.3 Å². The average Bonchev–Trinajstić information content (AvgIpc) is 2.29. The third-order valence-corrected chi connectivity index (χ3v) is 2.05. The molecule has 7 nitrogen and oxygen atoms in total. The molecule has 0 heterocycles. The molecule has 0 aliphatic carbocycles. The fraction of sp³-hybridized carbons (Fsp3) is 0.273. The number of hydrogen-bond donors (Lipinski definition) is 1. The summed E-state index contributed by atoms with van der Waals surface area (Å²) in [6, 6.07) is 5.07. The van der Waals surface area contributed by atoms with Crippen LogP contribution in [0.25, 0.3) is 0 Å². The number of nitro benzene ring substituents is 1. The molecule has 1 rings (SSSR count). The number of aliphatic carboxylic acids is 1. The van der Waals surface area contributed by atoms with Crippen molar-refractivity contribution in [3.8, 4) is 5.75 Å². The van der Waals surface area contributed by atoms with Crippen molar-refractivity contribution < 1.29 is 24.4 Å². The molecule has 0 saturated heterocycles. The van der Waals surface area contributed by atoms with Gasteiger partial charge in [0.1, 0.15) is 5.75 Å². The molecule has 0 aliphatic rings. The number of carbonyl (C=O) groups excluding carboxylic acids is 1. The summed E-state index contributed by atoms with van der Waals surface area (Å²) in [5.41, 5.74) is -0.0966. The summed E-state index contributed by atoms with van der Waals surface area (Å²) in [7, 11) is 0. The molecule has 0 spiro atoms. The number of nitro groups is 1. The molecule has 0 aliphatic heterocycles. The van der Waals surface area contributed by atoms with E-state index in [9.17, 15) is 19.7 Å². The fourth-order valence-electron chi connectivity index (χ4n) is 1.20. The summed E-state index contributed by atoms with van der Waals surface area (Å²) in [6.07, 6.45) is 0.0831. The van der Waals surface area contributed by atoms with E-state index in [4.69, 9.17) is 9.84 Å². The molecule has 18 heavy (non-hydrogen) atoms. The number of carboxylic acid groups (broad SMARTS) is 1. The van der Waals surface area contributed by atoms with Crippen LogP contribution in [0.5, 0.6) is 5.75 Å². The highest BCUT2D eigenvalue weighted by Gasteiger charge is 2.08. The molecule has 0 bridgehead atoms. The maximum atomic E-state index is 11.3. The van der Waals surface area contributed by atoms with Gasteiger partial charge in [0.15, 0.2) is 0 Å². The smallest absolute Gasteiger partial charge is 0.311 e. The van der Waals surface area contributed by atoms with Gasteiger partial charge in [0.25, 0.3) is 5.69 Å². The first-order valence-electron chi connectivity index (χ1n) is 5.16. The number of rotatable bonds is 6. The SMILES string of the molecule is O=C(O)CCCC(=O)Oc1ccc([N+](=O)[O-])cc1. The number of non-ortho nitro benzene ring substituents is 1. The van der Waals surface area contributed by atoms with Crippen LogP contribution in [0.3, 0.4) is 0 Å². The summed E-state index contributed by atoms with van der Waals surface area (Å²) in [4.78, 5) is 31.3. The van der Waals surface area contributed by atoms with Gasteiger partial charge in [0, 0.05) is 25.0 Å². The Kier molecular flexibility index (Phi) is 4.79. The molecule has 0 aromatic heterocycles. The largest absolute Gasteiger partial charge is 0.481 e. The van der Waals surface area contributed by atoms with E-state index in [1.807, 2.05) is 0 Å². The van der Waals surface area contributed by atoms with Crippen molar-refractivity contribution in [1.29, 1.82) is 0 Å². The predicted octanol–water partition coefficient (Wildman–Crippen LogP) is 1.76. The number of carbonyl (C=O) groups is 2. The molecule has 7 heteroatoms. The van der Waals surface area contributed by atoms with E-state index >= 15 is 0 Å². The molecule has 1 aromatic rings. The van der Waals surface area contributed by atoms with Gasteiger partial charge in [-0.15, -0.1) is 0 Å². The Labute approximate surface area is 102 Å². The van der Waals surface area contributed by atoms with E-state index in [-0.39, 0.29) is 30.7 Å². The average molecular weight is 253 g/mol. The monoisotopic (exact) mass is 253 g/mol. The fourth-order valence-corrected chi connectivity index (χ4v) is 1.20. The van der Waals surface area contributed by atoms with E-state index in [1.54, 1.807) is 0 Å². The van der Waals surface area contributed by atoms with E-state index in [0.29, 0.717) is 0 Å². The van der Waals surface area contributed by atoms with Crippen LogP contribution >= 0.6 is 0 Å². The Morgan fingerprint density at radius 1 is 1.22 bits per heavy atom. The lowest BCUT2D eigenvalue weighted by atomic mass is 10.2. The molecular formula is C11H11NO6. The van der Waals surface area contributed by atoms with Crippen molar-refractivity contribution in [2.24, 2.45) is 0 Å². The van der Waals surface area contributed by atoms with Crippen LogP contribution in [0.4, 0.5) is 5.69 Å². The van der Waals surface area contributed by atoms with E-state index in [1.165, 1.54) is 24.3 Å². The summed E-state index contributed by atoms with van der Waals surface area (Å²) >= 11 is 0. The summed E-state index contributed by atoms with van der Waals surface area (Å²) in [5.74, 6) is -1.34. The highest BCUT2D eigenvalue weighted by molar-refractivity contribution is 5.73. The molecule has 0 radical (unpaired) electrons. The van der Waals surface area contributed by atoms with Gasteiger partial charge in [0.05, 0.1) is 4.92 Å². The third kappa shape index (κ3) is 4.60. The van der Waals surface area contributed by atoms with E-state index in [2.05, 4.69) is 0 Å². The first-order valence-corrected chi connectivity index (χ1v) is 5.16. The van der Waals surface area contributed by atoms with Crippen LogP contribution in [-0.4, -0.2) is 22.0 Å². The highest BCUT2D eigenvalue weighted by Crippen LogP contribution is 2.17. The van der Waals surface area contributed by atoms with Gasteiger partial charge >= 0.3 is 11.9 Å². The number of benzene rings is 1. The molecular weight excluding hydrogens is 242 g/mol. The molecule has 1 aromatic carbocycles. The minimum absolute atomic E-state index is 0.0106. The number of hydrogen-bond acceptors (Lipinski definition) is 5. The molecule has 0 amide bonds. The number of ether oxygens (including phenoxy) is 1. The zero-order valence-electron chi connectivity index (χ0n) is 9.37. The normalized spacial score (nSPS) is 9.78. The Balaban J connectivity index is 2.44. The lowest BCUT2D eigenvalue weighted by molar-refractivity contribution is -0.384. The standard InChI is InChI=1S/C11H11NO6/c13-10(14)2-1-3-11(15)18-9-6-4-8(5-7-9)12(16)17/h4-7H,1-3H2,(H,13,14). The zero-order chi connectivity index (χ0) is 13.5. The number of esters is 1. The molecule has 96 valence electrons. The Hall–Kier alpha value is -2.44. The van der Waals surface area contributed by atoms with E-state index < -0.39 is 16.9 Å². The summed E-state index contributed by atoms with van der Waals surface area (Å²) < 4.78 is 4.88. The minimum atomic E-state index is -0.974. The Bertz CT molecular complexity index is 453. The molecule has 0 unspecified atom stereocenters. The van der Waals surface area contributed by atoms with Crippen molar-refractivity contribution >= 4 is 17.6 Å². The first-order chi connectivity index (χ1) is 8.49. The van der Waals surface area contributed by atoms with Gasteiger partial charge in [-0.05, 0) is 18.6 Å². The maximum Gasteiger partial charge on any atom is 0.311 e. The number of nitrogens with zero attached hydrogens (tertiary/aromatic N) is 1. The van der Waals surface area contributed by atoms with Crippen LogP contribution in [0.2, 0.25) is 0 Å². The Morgan fingerprint density at radius 3 is 2.33 bits per heavy atom. The van der Waals surface area contributed by atoms with Crippen molar-refractivity contribution in [2.75, 3.05) is 0 Å². The van der Waals surface area contributed by atoms with Gasteiger partial charge in [-0.25, -0.2) is 0 Å². The van der Waals surface area contributed by atoms with Gasteiger partial charge < -0.3 is 9.84 Å². The van der Waals surface area contributed by atoms with Crippen LogP contribution in [0.1, 0.15) is 19.3 Å². The minimum Gasteiger partial charge on any atom is -0.481 e. The first kappa shape index (κ1) is 13.6. The summed E-state index contributed by atoms with van der Waals surface area (Å²) in [6.45, 7) is 0. The van der Waals surface area contributed by atoms with Gasteiger partial charge in [0.2, 0.25) is 0 Å². The van der Waals surface area contributed by atoms with Crippen LogP contribution < -0.4 is 4.74 Å². The third-order valence-electron chi connectivity index (χ3n) is 2.05. The van der Waals surface area contributed by atoms with Crippen LogP contribution in [0, 0.1) is 10.1 Å². The van der Waals surface area contributed by atoms with Crippen molar-refractivity contribution in [2.45, 2.75) is 19.3 Å². The Morgan fingerprint density at radius 2 is 1.83 bits per heavy atom. The zero-order valence-corrected chi connectivity index (χ0v) is 9.37. The molecule has 1 N–H and O–H groups in total. The summed E-state index contributed by atoms with van der Waals surface area (Å²) in [5, 5.41) is 18.8. The van der Waals surface area contributed by atoms with Gasteiger partial charge in [-0.1, -0.05) is 0 Å². The van der Waals surface area contributed by atoms with Crippen molar-refractivity contribution in [3.63, 3.8) is 0 Å². The molecule has 0 saturated carbocycles. The molecule has 0 atom stereocenters. The number of carboxylic acids is 1. The molecule has 0 fully saturated rings. The second-order valence-electron chi connectivity index (χ2n) is 3.47. The van der Waals surface area contributed by atoms with E-state index in [0.717, 1.165) is 0 Å². The second kappa shape index (κ2) is 6.33. The predicted molar refractivity (Wildman–Crippen MR) is 60.2 cm³/mol. The quantitative estimate of drug-likeness (QED) is 0.358. The van der Waals surface area contributed by atoms with Gasteiger partial charge in [-0.2, -0.15) is 0 Å².